The van der Waals surface area contributed by atoms with E-state index in [1.54, 1.807) is 17.2 Å². The molecule has 0 saturated heterocycles. The van der Waals surface area contributed by atoms with Crippen LogP contribution in [0.4, 0.5) is 5.95 Å². The van der Waals surface area contributed by atoms with E-state index >= 15 is 0 Å². The molecule has 0 fully saturated rings. The summed E-state index contributed by atoms with van der Waals surface area (Å²) in [5.41, 5.74) is -0.0185. The molecule has 0 radical (unpaired) electrons. The molecule has 0 unspecified atom stereocenters. The topological polar surface area (TPSA) is 84.1 Å². The highest BCUT2D eigenvalue weighted by molar-refractivity contribution is 5.85. The molecule has 0 amide bonds. The SMILES string of the molecule is CN(C)c1nccc(-n2cnc(C(=O)O)c2)n1. The molecule has 0 bridgehead atoms. The quantitative estimate of drug-likeness (QED) is 0.827. The van der Waals surface area contributed by atoms with Crippen LogP contribution in [0.15, 0.2) is 24.8 Å². The monoisotopic (exact) mass is 233 g/mol. The molecular formula is C10H11N5O2. The number of rotatable bonds is 3. The predicted octanol–water partition coefficient (Wildman–Crippen LogP) is 0.426. The number of carboxylic acid groups (broad SMARTS) is 1. The van der Waals surface area contributed by atoms with E-state index in [4.69, 9.17) is 5.11 Å². The molecule has 0 aromatic carbocycles. The van der Waals surface area contributed by atoms with Gasteiger partial charge in [-0.3, -0.25) is 4.57 Å². The van der Waals surface area contributed by atoms with Crippen LogP contribution in [0, 0.1) is 0 Å². The molecule has 2 heterocycles. The van der Waals surface area contributed by atoms with Crippen molar-refractivity contribution in [3.8, 4) is 5.82 Å². The number of aromatic carboxylic acids is 1. The number of anilines is 1. The number of carboxylic acids is 1. The first-order chi connectivity index (χ1) is 8.08. The lowest BCUT2D eigenvalue weighted by Gasteiger charge is -2.10. The molecule has 2 aromatic heterocycles. The molecule has 17 heavy (non-hydrogen) atoms. The third kappa shape index (κ3) is 2.22. The van der Waals surface area contributed by atoms with E-state index in [1.807, 2.05) is 14.1 Å². The lowest BCUT2D eigenvalue weighted by molar-refractivity contribution is 0.0691. The fraction of sp³-hybridized carbons (Fsp3) is 0.200. The first-order valence-electron chi connectivity index (χ1n) is 4.86. The van der Waals surface area contributed by atoms with Crippen molar-refractivity contribution in [2.24, 2.45) is 0 Å². The minimum atomic E-state index is -1.06. The van der Waals surface area contributed by atoms with Crippen LogP contribution in [0.3, 0.4) is 0 Å². The van der Waals surface area contributed by atoms with Crippen molar-refractivity contribution in [3.63, 3.8) is 0 Å². The first kappa shape index (κ1) is 11.1. The Hall–Kier alpha value is -2.44. The van der Waals surface area contributed by atoms with Crippen molar-refractivity contribution in [3.05, 3.63) is 30.5 Å². The van der Waals surface area contributed by atoms with Crippen LogP contribution in [0.2, 0.25) is 0 Å². The average molecular weight is 233 g/mol. The van der Waals surface area contributed by atoms with Gasteiger partial charge in [0.05, 0.1) is 0 Å². The maximum absolute atomic E-state index is 10.7. The van der Waals surface area contributed by atoms with Crippen molar-refractivity contribution in [2.75, 3.05) is 19.0 Å². The summed E-state index contributed by atoms with van der Waals surface area (Å²) in [4.78, 5) is 24.6. The molecule has 7 heteroatoms. The number of hydrogen-bond donors (Lipinski definition) is 1. The van der Waals surface area contributed by atoms with Crippen LogP contribution in [0.25, 0.3) is 5.82 Å². The number of nitrogens with zero attached hydrogens (tertiary/aromatic N) is 5. The molecule has 2 aromatic rings. The highest BCUT2D eigenvalue weighted by atomic mass is 16.4. The Morgan fingerprint density at radius 2 is 2.18 bits per heavy atom. The van der Waals surface area contributed by atoms with Gasteiger partial charge < -0.3 is 10.0 Å². The largest absolute Gasteiger partial charge is 0.476 e. The van der Waals surface area contributed by atoms with Crippen molar-refractivity contribution in [1.82, 2.24) is 19.5 Å². The maximum atomic E-state index is 10.7. The Morgan fingerprint density at radius 1 is 1.41 bits per heavy atom. The molecule has 0 atom stereocenters. The van der Waals surface area contributed by atoms with Crippen LogP contribution >= 0.6 is 0 Å². The van der Waals surface area contributed by atoms with E-state index in [0.29, 0.717) is 11.8 Å². The van der Waals surface area contributed by atoms with E-state index < -0.39 is 5.97 Å². The second-order valence-corrected chi connectivity index (χ2v) is 3.58. The van der Waals surface area contributed by atoms with Gasteiger partial charge in [-0.05, 0) is 6.07 Å². The summed E-state index contributed by atoms with van der Waals surface area (Å²) in [6.07, 6.45) is 4.42. The summed E-state index contributed by atoms with van der Waals surface area (Å²) in [5.74, 6) is 0.0578. The van der Waals surface area contributed by atoms with Gasteiger partial charge in [0.2, 0.25) is 5.95 Å². The Bertz CT molecular complexity index is 549. The summed E-state index contributed by atoms with van der Waals surface area (Å²) in [5, 5.41) is 8.77. The number of imidazole rings is 1. The van der Waals surface area contributed by atoms with Gasteiger partial charge in [-0.15, -0.1) is 0 Å². The second kappa shape index (κ2) is 4.20. The number of hydrogen-bond acceptors (Lipinski definition) is 5. The van der Waals surface area contributed by atoms with E-state index in [0.717, 1.165) is 0 Å². The zero-order chi connectivity index (χ0) is 12.4. The summed E-state index contributed by atoms with van der Waals surface area (Å²) in [6, 6.07) is 1.68. The van der Waals surface area contributed by atoms with E-state index in [1.165, 1.54) is 17.1 Å². The lowest BCUT2D eigenvalue weighted by atomic mass is 10.5. The molecule has 0 aliphatic carbocycles. The molecular weight excluding hydrogens is 222 g/mol. The molecule has 88 valence electrons. The van der Waals surface area contributed by atoms with Gasteiger partial charge in [-0.25, -0.2) is 14.8 Å². The van der Waals surface area contributed by atoms with Crippen molar-refractivity contribution in [2.45, 2.75) is 0 Å². The summed E-state index contributed by atoms with van der Waals surface area (Å²) in [7, 11) is 3.66. The van der Waals surface area contributed by atoms with Gasteiger partial charge in [0, 0.05) is 26.5 Å². The Kier molecular flexibility index (Phi) is 2.73. The van der Waals surface area contributed by atoms with Crippen LogP contribution in [0.5, 0.6) is 0 Å². The molecule has 0 spiro atoms. The van der Waals surface area contributed by atoms with Crippen molar-refractivity contribution >= 4 is 11.9 Å². The van der Waals surface area contributed by atoms with E-state index in [-0.39, 0.29) is 5.69 Å². The average Bonchev–Trinajstić information content (AvgIpc) is 2.78. The fourth-order valence-electron chi connectivity index (χ4n) is 1.26. The zero-order valence-corrected chi connectivity index (χ0v) is 9.40. The minimum absolute atomic E-state index is 0.0185. The molecule has 2 rings (SSSR count). The third-order valence-electron chi connectivity index (χ3n) is 2.09. The van der Waals surface area contributed by atoms with Gasteiger partial charge in [-0.2, -0.15) is 4.98 Å². The highest BCUT2D eigenvalue weighted by Crippen LogP contribution is 2.09. The van der Waals surface area contributed by atoms with E-state index in [9.17, 15) is 4.79 Å². The molecule has 1 N–H and O–H groups in total. The van der Waals surface area contributed by atoms with Gasteiger partial charge in [0.15, 0.2) is 5.69 Å². The normalized spacial score (nSPS) is 10.2. The first-order valence-corrected chi connectivity index (χ1v) is 4.86. The van der Waals surface area contributed by atoms with Gasteiger partial charge >= 0.3 is 5.97 Å². The molecule has 0 aliphatic heterocycles. The number of carbonyl (C=O) groups is 1. The van der Waals surface area contributed by atoms with Crippen LogP contribution in [0.1, 0.15) is 10.5 Å². The van der Waals surface area contributed by atoms with Crippen LogP contribution < -0.4 is 4.90 Å². The van der Waals surface area contributed by atoms with Crippen molar-refractivity contribution in [1.29, 1.82) is 0 Å². The Morgan fingerprint density at radius 3 is 2.76 bits per heavy atom. The molecule has 0 saturated carbocycles. The summed E-state index contributed by atoms with van der Waals surface area (Å²) in [6.45, 7) is 0. The summed E-state index contributed by atoms with van der Waals surface area (Å²) < 4.78 is 1.54. The Balaban J connectivity index is 2.38. The lowest BCUT2D eigenvalue weighted by Crippen LogP contribution is -2.13. The fourth-order valence-corrected chi connectivity index (χ4v) is 1.26. The zero-order valence-electron chi connectivity index (χ0n) is 9.40. The standard InChI is InChI=1S/C10H11N5O2/c1-14(2)10-11-4-3-8(13-10)15-5-7(9(16)17)12-6-15/h3-6H,1-2H3,(H,16,17). The highest BCUT2D eigenvalue weighted by Gasteiger charge is 2.09. The maximum Gasteiger partial charge on any atom is 0.356 e. The van der Waals surface area contributed by atoms with Gasteiger partial charge in [0.25, 0.3) is 0 Å². The van der Waals surface area contributed by atoms with Crippen LogP contribution in [-0.2, 0) is 0 Å². The Labute approximate surface area is 97.4 Å². The van der Waals surface area contributed by atoms with E-state index in [2.05, 4.69) is 15.0 Å². The minimum Gasteiger partial charge on any atom is -0.476 e. The number of aromatic nitrogens is 4. The smallest absolute Gasteiger partial charge is 0.356 e. The van der Waals surface area contributed by atoms with Gasteiger partial charge in [-0.1, -0.05) is 0 Å². The third-order valence-corrected chi connectivity index (χ3v) is 2.09. The summed E-state index contributed by atoms with van der Waals surface area (Å²) >= 11 is 0. The second-order valence-electron chi connectivity index (χ2n) is 3.58. The van der Waals surface area contributed by atoms with Crippen LogP contribution in [-0.4, -0.2) is 44.7 Å². The molecule has 7 nitrogen and oxygen atoms in total. The van der Waals surface area contributed by atoms with Gasteiger partial charge in [0.1, 0.15) is 12.1 Å². The molecule has 0 aliphatic rings. The predicted molar refractivity (Wildman–Crippen MR) is 60.4 cm³/mol. The van der Waals surface area contributed by atoms with Crippen molar-refractivity contribution < 1.29 is 9.90 Å².